The SMILES string of the molecule is C=C(C)CCCCCNC(C)C. The van der Waals surface area contributed by atoms with Crippen LogP contribution in [0.3, 0.4) is 0 Å². The molecule has 1 nitrogen and oxygen atoms in total. The maximum absolute atomic E-state index is 3.89. The van der Waals surface area contributed by atoms with E-state index in [1.807, 2.05) is 0 Å². The summed E-state index contributed by atoms with van der Waals surface area (Å²) in [6.45, 7) is 11.5. The first-order chi connectivity index (χ1) is 5.63. The molecule has 0 aliphatic carbocycles. The monoisotopic (exact) mass is 169 g/mol. The van der Waals surface area contributed by atoms with Crippen LogP contribution in [-0.4, -0.2) is 12.6 Å². The third kappa shape index (κ3) is 9.70. The Labute approximate surface area is 77.2 Å². The normalized spacial score (nSPS) is 10.7. The van der Waals surface area contributed by atoms with Crippen LogP contribution in [0.15, 0.2) is 12.2 Å². The first-order valence-electron chi connectivity index (χ1n) is 5.00. The number of unbranched alkanes of at least 4 members (excludes halogenated alkanes) is 2. The molecule has 0 aromatic heterocycles. The first kappa shape index (κ1) is 11.7. The minimum absolute atomic E-state index is 0.631. The van der Waals surface area contributed by atoms with E-state index in [0.29, 0.717) is 6.04 Å². The molecule has 0 bridgehead atoms. The maximum atomic E-state index is 3.89. The lowest BCUT2D eigenvalue weighted by molar-refractivity contribution is 0.548. The Morgan fingerprint density at radius 2 is 1.92 bits per heavy atom. The number of hydrogen-bond acceptors (Lipinski definition) is 1. The second-order valence-electron chi connectivity index (χ2n) is 3.88. The van der Waals surface area contributed by atoms with Gasteiger partial charge in [0.25, 0.3) is 0 Å². The summed E-state index contributed by atoms with van der Waals surface area (Å²) in [6.07, 6.45) is 5.12. The van der Waals surface area contributed by atoms with E-state index in [-0.39, 0.29) is 0 Å². The van der Waals surface area contributed by atoms with E-state index >= 15 is 0 Å². The summed E-state index contributed by atoms with van der Waals surface area (Å²) in [7, 11) is 0. The first-order valence-corrected chi connectivity index (χ1v) is 5.00. The molecule has 1 N–H and O–H groups in total. The summed E-state index contributed by atoms with van der Waals surface area (Å²) >= 11 is 0. The fourth-order valence-corrected chi connectivity index (χ4v) is 1.12. The van der Waals surface area contributed by atoms with Crippen LogP contribution in [-0.2, 0) is 0 Å². The van der Waals surface area contributed by atoms with Gasteiger partial charge < -0.3 is 5.32 Å². The fourth-order valence-electron chi connectivity index (χ4n) is 1.12. The zero-order valence-electron chi connectivity index (χ0n) is 8.82. The van der Waals surface area contributed by atoms with Crippen molar-refractivity contribution in [2.45, 2.75) is 52.5 Å². The highest BCUT2D eigenvalue weighted by molar-refractivity contribution is 4.86. The molecule has 72 valence electrons. The van der Waals surface area contributed by atoms with E-state index in [1.165, 1.54) is 31.3 Å². The zero-order chi connectivity index (χ0) is 9.40. The van der Waals surface area contributed by atoms with Gasteiger partial charge >= 0.3 is 0 Å². The Morgan fingerprint density at radius 1 is 1.25 bits per heavy atom. The third-order valence-corrected chi connectivity index (χ3v) is 1.83. The molecular formula is C11H23N. The predicted molar refractivity (Wildman–Crippen MR) is 56.4 cm³/mol. The van der Waals surface area contributed by atoms with Crippen LogP contribution in [0.5, 0.6) is 0 Å². The summed E-state index contributed by atoms with van der Waals surface area (Å²) in [5.41, 5.74) is 1.31. The highest BCUT2D eigenvalue weighted by Gasteiger charge is 1.92. The summed E-state index contributed by atoms with van der Waals surface area (Å²) in [6, 6.07) is 0.631. The highest BCUT2D eigenvalue weighted by atomic mass is 14.9. The van der Waals surface area contributed by atoms with Gasteiger partial charge in [0.05, 0.1) is 0 Å². The molecule has 0 fully saturated rings. The largest absolute Gasteiger partial charge is 0.315 e. The lowest BCUT2D eigenvalue weighted by atomic mass is 10.1. The van der Waals surface area contributed by atoms with Crippen LogP contribution in [0.4, 0.5) is 0 Å². The molecule has 0 atom stereocenters. The van der Waals surface area contributed by atoms with Crippen LogP contribution in [0, 0.1) is 0 Å². The molecule has 0 aliphatic rings. The number of allylic oxidation sites excluding steroid dienone is 1. The average Bonchev–Trinajstić information content (AvgIpc) is 1.95. The Morgan fingerprint density at radius 3 is 2.42 bits per heavy atom. The molecule has 0 spiro atoms. The quantitative estimate of drug-likeness (QED) is 0.456. The summed E-state index contributed by atoms with van der Waals surface area (Å²) in [5.74, 6) is 0. The Bertz CT molecular complexity index is 116. The van der Waals surface area contributed by atoms with Crippen molar-refractivity contribution in [2.75, 3.05) is 6.54 Å². The average molecular weight is 169 g/mol. The zero-order valence-corrected chi connectivity index (χ0v) is 8.82. The van der Waals surface area contributed by atoms with Crippen LogP contribution < -0.4 is 5.32 Å². The lowest BCUT2D eigenvalue weighted by Crippen LogP contribution is -2.23. The number of rotatable bonds is 7. The molecule has 0 radical (unpaired) electrons. The van der Waals surface area contributed by atoms with Gasteiger partial charge in [-0.05, 0) is 32.7 Å². The van der Waals surface area contributed by atoms with Gasteiger partial charge in [-0.15, -0.1) is 6.58 Å². The standard InChI is InChI=1S/C11H23N/c1-10(2)8-6-5-7-9-12-11(3)4/h11-12H,1,5-9H2,2-4H3. The summed E-state index contributed by atoms with van der Waals surface area (Å²) < 4.78 is 0. The van der Waals surface area contributed by atoms with E-state index in [1.54, 1.807) is 0 Å². The van der Waals surface area contributed by atoms with Crippen LogP contribution in [0.1, 0.15) is 46.5 Å². The molecule has 0 saturated carbocycles. The molecule has 0 unspecified atom stereocenters. The second kappa shape index (κ2) is 7.35. The highest BCUT2D eigenvalue weighted by Crippen LogP contribution is 2.05. The van der Waals surface area contributed by atoms with Crippen molar-refractivity contribution in [3.63, 3.8) is 0 Å². The number of hydrogen-bond donors (Lipinski definition) is 1. The van der Waals surface area contributed by atoms with Gasteiger partial charge in [-0.3, -0.25) is 0 Å². The second-order valence-corrected chi connectivity index (χ2v) is 3.88. The van der Waals surface area contributed by atoms with Crippen molar-refractivity contribution in [1.29, 1.82) is 0 Å². The van der Waals surface area contributed by atoms with Gasteiger partial charge in [-0.2, -0.15) is 0 Å². The molecule has 0 aliphatic heterocycles. The molecule has 0 aromatic rings. The van der Waals surface area contributed by atoms with Crippen LogP contribution >= 0.6 is 0 Å². The molecule has 1 heteroatoms. The predicted octanol–water partition coefficient (Wildman–Crippen LogP) is 3.12. The van der Waals surface area contributed by atoms with E-state index in [2.05, 4.69) is 32.7 Å². The van der Waals surface area contributed by atoms with Crippen LogP contribution in [0.2, 0.25) is 0 Å². The Kier molecular flexibility index (Phi) is 7.17. The van der Waals surface area contributed by atoms with Gasteiger partial charge in [0.1, 0.15) is 0 Å². The topological polar surface area (TPSA) is 12.0 Å². The third-order valence-electron chi connectivity index (χ3n) is 1.83. The van der Waals surface area contributed by atoms with Crippen molar-refractivity contribution >= 4 is 0 Å². The Balaban J connectivity index is 2.96. The van der Waals surface area contributed by atoms with Crippen molar-refractivity contribution in [3.8, 4) is 0 Å². The molecular weight excluding hydrogens is 146 g/mol. The molecule has 0 aromatic carbocycles. The molecule has 0 saturated heterocycles. The smallest absolute Gasteiger partial charge is 0.00103 e. The van der Waals surface area contributed by atoms with E-state index in [9.17, 15) is 0 Å². The van der Waals surface area contributed by atoms with Crippen molar-refractivity contribution < 1.29 is 0 Å². The van der Waals surface area contributed by atoms with Gasteiger partial charge in [-0.25, -0.2) is 0 Å². The van der Waals surface area contributed by atoms with Crippen molar-refractivity contribution in [1.82, 2.24) is 5.32 Å². The molecule has 12 heavy (non-hydrogen) atoms. The van der Waals surface area contributed by atoms with Gasteiger partial charge in [0.15, 0.2) is 0 Å². The summed E-state index contributed by atoms with van der Waals surface area (Å²) in [5, 5.41) is 3.41. The van der Waals surface area contributed by atoms with E-state index in [0.717, 1.165) is 6.54 Å². The molecule has 0 rings (SSSR count). The van der Waals surface area contributed by atoms with Crippen LogP contribution in [0.25, 0.3) is 0 Å². The Hall–Kier alpha value is -0.300. The van der Waals surface area contributed by atoms with Gasteiger partial charge in [0, 0.05) is 6.04 Å². The number of nitrogens with one attached hydrogen (secondary N) is 1. The van der Waals surface area contributed by atoms with Gasteiger partial charge in [0.2, 0.25) is 0 Å². The lowest BCUT2D eigenvalue weighted by Gasteiger charge is -2.07. The van der Waals surface area contributed by atoms with E-state index < -0.39 is 0 Å². The minimum Gasteiger partial charge on any atom is -0.315 e. The fraction of sp³-hybridized carbons (Fsp3) is 0.818. The molecule has 0 heterocycles. The maximum Gasteiger partial charge on any atom is 0.00103 e. The molecule has 0 amide bonds. The van der Waals surface area contributed by atoms with Crippen molar-refractivity contribution in [2.24, 2.45) is 0 Å². The minimum atomic E-state index is 0.631. The van der Waals surface area contributed by atoms with Crippen molar-refractivity contribution in [3.05, 3.63) is 12.2 Å². The van der Waals surface area contributed by atoms with E-state index in [4.69, 9.17) is 0 Å². The van der Waals surface area contributed by atoms with Gasteiger partial charge in [-0.1, -0.05) is 25.8 Å². The summed E-state index contributed by atoms with van der Waals surface area (Å²) in [4.78, 5) is 0.